The van der Waals surface area contributed by atoms with Gasteiger partial charge in [-0.15, -0.1) is 0 Å². The lowest BCUT2D eigenvalue weighted by molar-refractivity contribution is 0.194. The van der Waals surface area contributed by atoms with Crippen LogP contribution < -0.4 is 4.90 Å². The van der Waals surface area contributed by atoms with Gasteiger partial charge in [0.05, 0.1) is 12.5 Å². The molecule has 1 aliphatic heterocycles. The molecule has 2 atom stereocenters. The van der Waals surface area contributed by atoms with Gasteiger partial charge in [-0.05, 0) is 32.0 Å². The molecular formula is C16H23N3. The lowest BCUT2D eigenvalue weighted by atomic mass is 10.0. The third-order valence-corrected chi connectivity index (χ3v) is 4.12. The molecule has 1 aromatic rings. The fraction of sp³-hybridized carbons (Fsp3) is 0.562. The molecule has 0 saturated carbocycles. The van der Waals surface area contributed by atoms with Crippen molar-refractivity contribution in [2.75, 3.05) is 25.0 Å². The first-order chi connectivity index (χ1) is 9.17. The van der Waals surface area contributed by atoms with Gasteiger partial charge in [0.1, 0.15) is 0 Å². The van der Waals surface area contributed by atoms with Crippen molar-refractivity contribution in [2.45, 2.75) is 38.8 Å². The first kappa shape index (κ1) is 13.9. The van der Waals surface area contributed by atoms with Gasteiger partial charge in [-0.2, -0.15) is 5.26 Å². The molecule has 102 valence electrons. The largest absolute Gasteiger partial charge is 0.366 e. The first-order valence-corrected chi connectivity index (χ1v) is 7.09. The van der Waals surface area contributed by atoms with E-state index in [9.17, 15) is 0 Å². The molecule has 1 aliphatic rings. The summed E-state index contributed by atoms with van der Waals surface area (Å²) in [5, 5.41) is 8.96. The molecule has 1 aromatic carbocycles. The van der Waals surface area contributed by atoms with Crippen molar-refractivity contribution in [2.24, 2.45) is 0 Å². The molecule has 0 radical (unpaired) electrons. The van der Waals surface area contributed by atoms with E-state index >= 15 is 0 Å². The Morgan fingerprint density at radius 1 is 1.32 bits per heavy atom. The third-order valence-electron chi connectivity index (χ3n) is 4.12. The number of likely N-dealkylation sites (N-methyl/N-ethyl adjacent to an activating group) is 1. The molecular weight excluding hydrogens is 234 g/mol. The van der Waals surface area contributed by atoms with Crippen LogP contribution >= 0.6 is 0 Å². The molecule has 0 aliphatic carbocycles. The highest BCUT2D eigenvalue weighted by Crippen LogP contribution is 2.27. The van der Waals surface area contributed by atoms with Crippen LogP contribution in [0.2, 0.25) is 0 Å². The van der Waals surface area contributed by atoms with Gasteiger partial charge in [0, 0.05) is 30.9 Å². The van der Waals surface area contributed by atoms with E-state index in [1.54, 1.807) is 0 Å². The summed E-state index contributed by atoms with van der Waals surface area (Å²) in [6.07, 6.45) is 1.66. The van der Waals surface area contributed by atoms with E-state index in [2.05, 4.69) is 61.0 Å². The quantitative estimate of drug-likeness (QED) is 0.834. The number of hydrogen-bond donors (Lipinski definition) is 0. The number of rotatable bonds is 3. The van der Waals surface area contributed by atoms with Crippen LogP contribution in [0.4, 0.5) is 5.69 Å². The summed E-state index contributed by atoms with van der Waals surface area (Å²) in [6.45, 7) is 6.44. The van der Waals surface area contributed by atoms with Crippen LogP contribution in [0, 0.1) is 11.3 Å². The zero-order valence-electron chi connectivity index (χ0n) is 12.1. The van der Waals surface area contributed by atoms with Crippen LogP contribution in [0.1, 0.15) is 25.8 Å². The predicted octanol–water partition coefficient (Wildman–Crippen LogP) is 2.67. The molecule has 1 saturated heterocycles. The number of aryl methyl sites for hydroxylation is 1. The average Bonchev–Trinajstić information content (AvgIpc) is 2.42. The predicted molar refractivity (Wildman–Crippen MR) is 79.3 cm³/mol. The van der Waals surface area contributed by atoms with Crippen molar-refractivity contribution in [3.63, 3.8) is 0 Å². The standard InChI is InChI=1S/C16H23N3/c1-4-14-7-5-6-8-16(14)19-12-15(9-10-17)18(3)11-13(19)2/h5-8,13,15H,4,9,11-12H2,1-3H3. The molecule has 19 heavy (non-hydrogen) atoms. The van der Waals surface area contributed by atoms with Gasteiger partial charge < -0.3 is 4.90 Å². The number of nitrogens with zero attached hydrogens (tertiary/aromatic N) is 3. The summed E-state index contributed by atoms with van der Waals surface area (Å²) in [6, 6.07) is 11.8. The van der Waals surface area contributed by atoms with Gasteiger partial charge in [-0.3, -0.25) is 4.90 Å². The van der Waals surface area contributed by atoms with E-state index in [0.29, 0.717) is 18.5 Å². The van der Waals surface area contributed by atoms with Crippen molar-refractivity contribution < 1.29 is 0 Å². The number of piperazine rings is 1. The van der Waals surface area contributed by atoms with Crippen LogP contribution in [0.3, 0.4) is 0 Å². The third kappa shape index (κ3) is 2.90. The second kappa shape index (κ2) is 6.08. The molecule has 0 amide bonds. The maximum atomic E-state index is 8.96. The van der Waals surface area contributed by atoms with Gasteiger partial charge in [0.15, 0.2) is 0 Å². The SMILES string of the molecule is CCc1ccccc1N1CC(CC#N)N(C)CC1C. The molecule has 2 unspecified atom stereocenters. The van der Waals surface area contributed by atoms with Crippen molar-refractivity contribution in [1.82, 2.24) is 4.90 Å². The van der Waals surface area contributed by atoms with Crippen LogP contribution in [0.25, 0.3) is 0 Å². The van der Waals surface area contributed by atoms with E-state index in [1.807, 2.05) is 0 Å². The van der Waals surface area contributed by atoms with Gasteiger partial charge >= 0.3 is 0 Å². The summed E-state index contributed by atoms with van der Waals surface area (Å²) in [7, 11) is 2.13. The van der Waals surface area contributed by atoms with E-state index in [1.165, 1.54) is 11.3 Å². The second-order valence-corrected chi connectivity index (χ2v) is 5.44. The molecule has 0 aromatic heterocycles. The topological polar surface area (TPSA) is 30.3 Å². The zero-order valence-corrected chi connectivity index (χ0v) is 12.1. The Morgan fingerprint density at radius 2 is 2.05 bits per heavy atom. The minimum absolute atomic E-state index is 0.339. The molecule has 0 bridgehead atoms. The summed E-state index contributed by atoms with van der Waals surface area (Å²) >= 11 is 0. The molecule has 2 rings (SSSR count). The summed E-state index contributed by atoms with van der Waals surface area (Å²) in [4.78, 5) is 4.79. The van der Waals surface area contributed by atoms with Gasteiger partial charge in [-0.25, -0.2) is 0 Å². The highest BCUT2D eigenvalue weighted by Gasteiger charge is 2.29. The number of nitriles is 1. The van der Waals surface area contributed by atoms with Crippen molar-refractivity contribution in [1.29, 1.82) is 5.26 Å². The average molecular weight is 257 g/mol. The number of para-hydroxylation sites is 1. The molecule has 1 fully saturated rings. The molecule has 3 nitrogen and oxygen atoms in total. The van der Waals surface area contributed by atoms with Crippen molar-refractivity contribution in [3.05, 3.63) is 29.8 Å². The van der Waals surface area contributed by atoms with E-state index in [4.69, 9.17) is 5.26 Å². The summed E-state index contributed by atoms with van der Waals surface area (Å²) in [5.41, 5.74) is 2.74. The van der Waals surface area contributed by atoms with Gasteiger partial charge in [0.25, 0.3) is 0 Å². The Bertz CT molecular complexity index is 463. The number of anilines is 1. The van der Waals surface area contributed by atoms with Crippen LogP contribution in [-0.4, -0.2) is 37.1 Å². The van der Waals surface area contributed by atoms with Crippen LogP contribution in [0.15, 0.2) is 24.3 Å². The van der Waals surface area contributed by atoms with Gasteiger partial charge in [-0.1, -0.05) is 25.1 Å². The monoisotopic (exact) mass is 257 g/mol. The van der Waals surface area contributed by atoms with Crippen molar-refractivity contribution >= 4 is 5.69 Å². The Morgan fingerprint density at radius 3 is 2.74 bits per heavy atom. The molecule has 3 heteroatoms. The van der Waals surface area contributed by atoms with E-state index < -0.39 is 0 Å². The van der Waals surface area contributed by atoms with Crippen LogP contribution in [-0.2, 0) is 6.42 Å². The molecule has 0 N–H and O–H groups in total. The maximum Gasteiger partial charge on any atom is 0.0638 e. The normalized spacial score (nSPS) is 24.2. The molecule has 0 spiro atoms. The minimum atomic E-state index is 0.339. The minimum Gasteiger partial charge on any atom is -0.366 e. The van der Waals surface area contributed by atoms with Crippen molar-refractivity contribution in [3.8, 4) is 6.07 Å². The second-order valence-electron chi connectivity index (χ2n) is 5.44. The molecule has 1 heterocycles. The lowest BCUT2D eigenvalue weighted by Gasteiger charge is -2.45. The zero-order chi connectivity index (χ0) is 13.8. The highest BCUT2D eigenvalue weighted by molar-refractivity contribution is 5.55. The fourth-order valence-corrected chi connectivity index (χ4v) is 2.96. The number of benzene rings is 1. The fourth-order valence-electron chi connectivity index (χ4n) is 2.96. The maximum absolute atomic E-state index is 8.96. The van der Waals surface area contributed by atoms with E-state index in [0.717, 1.165) is 19.5 Å². The van der Waals surface area contributed by atoms with E-state index in [-0.39, 0.29) is 0 Å². The van der Waals surface area contributed by atoms with Gasteiger partial charge in [0.2, 0.25) is 0 Å². The number of hydrogen-bond acceptors (Lipinski definition) is 3. The smallest absolute Gasteiger partial charge is 0.0638 e. The Balaban J connectivity index is 2.25. The van der Waals surface area contributed by atoms with Crippen LogP contribution in [0.5, 0.6) is 0 Å². The Kier molecular flexibility index (Phi) is 4.44. The Hall–Kier alpha value is -1.53. The first-order valence-electron chi connectivity index (χ1n) is 7.09. The Labute approximate surface area is 116 Å². The summed E-state index contributed by atoms with van der Waals surface area (Å²) < 4.78 is 0. The highest BCUT2D eigenvalue weighted by atomic mass is 15.3. The summed E-state index contributed by atoms with van der Waals surface area (Å²) in [5.74, 6) is 0. The lowest BCUT2D eigenvalue weighted by Crippen LogP contribution is -2.56.